The molecule has 0 amide bonds. The summed E-state index contributed by atoms with van der Waals surface area (Å²) in [6, 6.07) is 5.95. The van der Waals surface area contributed by atoms with E-state index in [0.29, 0.717) is 30.7 Å². The third-order valence-corrected chi connectivity index (χ3v) is 4.29. The lowest BCUT2D eigenvalue weighted by Gasteiger charge is -2.12. The maximum Gasteiger partial charge on any atom is 0.320 e. The molecule has 8 nitrogen and oxygen atoms in total. The van der Waals surface area contributed by atoms with Crippen LogP contribution in [0.1, 0.15) is 17.5 Å². The number of nitrogen functional groups attached to an aromatic ring is 1. The molecule has 0 unspecified atom stereocenters. The van der Waals surface area contributed by atoms with Crippen molar-refractivity contribution in [1.82, 2.24) is 19.5 Å². The van der Waals surface area contributed by atoms with Gasteiger partial charge in [-0.15, -0.1) is 0 Å². The van der Waals surface area contributed by atoms with Crippen molar-refractivity contribution in [3.63, 3.8) is 0 Å². The van der Waals surface area contributed by atoms with Crippen molar-refractivity contribution in [2.24, 2.45) is 0 Å². The van der Waals surface area contributed by atoms with Crippen molar-refractivity contribution in [3.05, 3.63) is 41.5 Å². The minimum absolute atomic E-state index is 0.164. The Morgan fingerprint density at radius 3 is 2.96 bits per heavy atom. The quantitative estimate of drug-likeness (QED) is 0.645. The molecule has 1 aromatic carbocycles. The van der Waals surface area contributed by atoms with E-state index >= 15 is 0 Å². The van der Waals surface area contributed by atoms with E-state index in [1.807, 2.05) is 12.1 Å². The molecule has 0 fully saturated rings. The number of nitrogens with zero attached hydrogens (tertiary/aromatic N) is 4. The third kappa shape index (κ3) is 2.90. The minimum Gasteiger partial charge on any atom is -0.496 e. The van der Waals surface area contributed by atoms with Gasteiger partial charge in [0.1, 0.15) is 5.75 Å². The van der Waals surface area contributed by atoms with Gasteiger partial charge in [-0.1, -0.05) is 18.2 Å². The Morgan fingerprint density at radius 1 is 1.23 bits per heavy atom. The number of hydrogen-bond acceptors (Lipinski definition) is 7. The summed E-state index contributed by atoms with van der Waals surface area (Å²) < 4.78 is 12.6. The van der Waals surface area contributed by atoms with Gasteiger partial charge in [0.25, 0.3) is 6.01 Å². The molecule has 26 heavy (non-hydrogen) atoms. The average molecular weight is 353 g/mol. The Hall–Kier alpha value is -3.29. The van der Waals surface area contributed by atoms with Crippen LogP contribution in [0.3, 0.4) is 0 Å². The topological polar surface area (TPSA) is 108 Å². The Kier molecular flexibility index (Phi) is 4.08. The van der Waals surface area contributed by atoms with Crippen molar-refractivity contribution >= 4 is 17.0 Å². The van der Waals surface area contributed by atoms with Gasteiger partial charge in [-0.05, 0) is 36.1 Å². The molecule has 134 valence electrons. The highest BCUT2D eigenvalue weighted by atomic mass is 16.5. The first-order valence-electron chi connectivity index (χ1n) is 8.32. The largest absolute Gasteiger partial charge is 0.496 e. The molecule has 2 aromatic heterocycles. The smallest absolute Gasteiger partial charge is 0.320 e. The molecule has 0 saturated carbocycles. The number of benzene rings is 1. The van der Waals surface area contributed by atoms with Gasteiger partial charge in [-0.25, -0.2) is 0 Å². The number of aromatic hydroxyl groups is 1. The van der Waals surface area contributed by atoms with Gasteiger partial charge in [-0.2, -0.15) is 15.0 Å². The van der Waals surface area contributed by atoms with Crippen molar-refractivity contribution in [1.29, 1.82) is 0 Å². The lowest BCUT2D eigenvalue weighted by molar-refractivity contribution is 0.300. The summed E-state index contributed by atoms with van der Waals surface area (Å²) in [5.74, 6) is 1.01. The Morgan fingerprint density at radius 2 is 2.12 bits per heavy atom. The SMILES string of the molecule is COc1ccc2cc1C/C=C/CCOc1nc(N)c3nc(O)n(c3n1)C2. The molecular weight excluding hydrogens is 334 g/mol. The molecule has 0 aliphatic carbocycles. The van der Waals surface area contributed by atoms with Crippen LogP contribution in [0.2, 0.25) is 0 Å². The molecule has 0 saturated heterocycles. The number of allylic oxidation sites excluding steroid dienone is 1. The lowest BCUT2D eigenvalue weighted by Crippen LogP contribution is -2.06. The van der Waals surface area contributed by atoms with Crippen molar-refractivity contribution in [2.45, 2.75) is 19.4 Å². The minimum atomic E-state index is -0.164. The van der Waals surface area contributed by atoms with Crippen LogP contribution < -0.4 is 15.2 Å². The summed E-state index contributed by atoms with van der Waals surface area (Å²) in [7, 11) is 1.66. The van der Waals surface area contributed by atoms with E-state index in [-0.39, 0.29) is 17.8 Å². The molecule has 0 radical (unpaired) electrons. The van der Waals surface area contributed by atoms with Gasteiger partial charge in [0.05, 0.1) is 20.3 Å². The Balaban J connectivity index is 1.87. The number of rotatable bonds is 1. The molecule has 0 spiro atoms. The molecule has 4 bridgehead atoms. The second-order valence-electron chi connectivity index (χ2n) is 6.02. The first kappa shape index (κ1) is 16.2. The fourth-order valence-electron chi connectivity index (χ4n) is 3.02. The Bertz CT molecular complexity index is 996. The number of aromatic nitrogens is 4. The summed E-state index contributed by atoms with van der Waals surface area (Å²) in [5.41, 5.74) is 8.81. The number of ether oxygens (including phenoxy) is 2. The lowest BCUT2D eigenvalue weighted by atomic mass is 10.1. The fourth-order valence-corrected chi connectivity index (χ4v) is 3.02. The number of methoxy groups -OCH3 is 1. The molecule has 8 heteroatoms. The van der Waals surface area contributed by atoms with E-state index in [4.69, 9.17) is 15.2 Å². The predicted octanol–water partition coefficient (Wildman–Crippen LogP) is 2.05. The van der Waals surface area contributed by atoms with Crippen molar-refractivity contribution < 1.29 is 14.6 Å². The first-order valence-corrected chi connectivity index (χ1v) is 8.32. The van der Waals surface area contributed by atoms with Gasteiger partial charge in [-0.3, -0.25) is 4.57 Å². The van der Waals surface area contributed by atoms with E-state index in [1.165, 1.54) is 0 Å². The number of nitrogens with two attached hydrogens (primary N) is 1. The molecule has 1 aliphatic rings. The van der Waals surface area contributed by atoms with E-state index < -0.39 is 0 Å². The van der Waals surface area contributed by atoms with Crippen LogP contribution in [0.5, 0.6) is 17.8 Å². The number of fused-ring (bicyclic) bond motifs is 3. The van der Waals surface area contributed by atoms with Crippen molar-refractivity contribution in [3.8, 4) is 17.8 Å². The zero-order chi connectivity index (χ0) is 18.1. The highest BCUT2D eigenvalue weighted by molar-refractivity contribution is 5.83. The molecular formula is C18H19N5O3. The zero-order valence-electron chi connectivity index (χ0n) is 14.3. The summed E-state index contributed by atoms with van der Waals surface area (Å²) >= 11 is 0. The molecule has 3 N–H and O–H groups in total. The molecule has 0 atom stereocenters. The summed E-state index contributed by atoms with van der Waals surface area (Å²) in [6.45, 7) is 0.817. The number of imidazole rings is 1. The van der Waals surface area contributed by atoms with Gasteiger partial charge in [0.2, 0.25) is 0 Å². The number of hydrogen-bond donors (Lipinski definition) is 2. The zero-order valence-corrected chi connectivity index (χ0v) is 14.3. The highest BCUT2D eigenvalue weighted by Crippen LogP contribution is 2.27. The predicted molar refractivity (Wildman–Crippen MR) is 96.5 cm³/mol. The van der Waals surface area contributed by atoms with Crippen LogP contribution in [0.25, 0.3) is 11.2 Å². The molecule has 3 heterocycles. The Labute approximate surface area is 149 Å². The standard InChI is InChI=1S/C18H19N5O3/c1-25-13-7-6-11-9-12(13)5-3-2-4-8-26-17-21-15(19)14-16(22-17)23(10-11)18(24)20-14/h2-3,6-7,9H,4-5,8,10H2,1H3,(H,20,24)(H2,19,21,22)/b3-2+. The van der Waals surface area contributed by atoms with E-state index in [2.05, 4.69) is 33.2 Å². The van der Waals surface area contributed by atoms with Gasteiger partial charge >= 0.3 is 6.01 Å². The van der Waals surface area contributed by atoms with Gasteiger partial charge in [0.15, 0.2) is 17.0 Å². The summed E-state index contributed by atoms with van der Waals surface area (Å²) in [6.07, 6.45) is 5.59. The van der Waals surface area contributed by atoms with Crippen LogP contribution in [0.4, 0.5) is 5.82 Å². The van der Waals surface area contributed by atoms with E-state index in [1.54, 1.807) is 11.7 Å². The fraction of sp³-hybridized carbons (Fsp3) is 0.278. The summed E-state index contributed by atoms with van der Waals surface area (Å²) in [4.78, 5) is 12.6. The van der Waals surface area contributed by atoms with Crippen LogP contribution >= 0.6 is 0 Å². The van der Waals surface area contributed by atoms with E-state index in [9.17, 15) is 5.11 Å². The third-order valence-electron chi connectivity index (χ3n) is 4.29. The van der Waals surface area contributed by atoms with E-state index in [0.717, 1.165) is 23.3 Å². The van der Waals surface area contributed by atoms with Crippen LogP contribution in [-0.4, -0.2) is 38.3 Å². The molecule has 4 rings (SSSR count). The molecule has 3 aromatic rings. The summed E-state index contributed by atoms with van der Waals surface area (Å²) in [5, 5.41) is 10.3. The normalized spacial score (nSPS) is 15.4. The second kappa shape index (κ2) is 6.55. The highest BCUT2D eigenvalue weighted by Gasteiger charge is 2.17. The maximum absolute atomic E-state index is 10.3. The van der Waals surface area contributed by atoms with Crippen LogP contribution in [-0.2, 0) is 13.0 Å². The van der Waals surface area contributed by atoms with Crippen molar-refractivity contribution in [2.75, 3.05) is 19.5 Å². The average Bonchev–Trinajstić information content (AvgIpc) is 2.94. The first-order chi connectivity index (χ1) is 12.7. The van der Waals surface area contributed by atoms with Crippen LogP contribution in [0.15, 0.2) is 30.4 Å². The van der Waals surface area contributed by atoms with Crippen LogP contribution in [0, 0.1) is 0 Å². The second-order valence-corrected chi connectivity index (χ2v) is 6.02. The molecule has 1 aliphatic heterocycles. The monoisotopic (exact) mass is 353 g/mol. The maximum atomic E-state index is 10.3. The van der Waals surface area contributed by atoms with Gasteiger partial charge < -0.3 is 20.3 Å². The number of anilines is 1. The van der Waals surface area contributed by atoms with Gasteiger partial charge in [0, 0.05) is 0 Å².